The van der Waals surface area contributed by atoms with Crippen molar-refractivity contribution in [3.05, 3.63) is 35.9 Å². The van der Waals surface area contributed by atoms with Crippen LogP contribution in [0, 0.1) is 0 Å². The number of rotatable bonds is 3. The monoisotopic (exact) mass is 289 g/mol. The first-order valence-electron chi connectivity index (χ1n) is 7.28. The Bertz CT molecular complexity index is 494. The minimum atomic E-state index is -0.457. The molecular formula is C17H23NO3. The highest BCUT2D eigenvalue weighted by atomic mass is 16.6. The smallest absolute Gasteiger partial charge is 0.331 e. The molecule has 0 radical (unpaired) electrons. The van der Waals surface area contributed by atoms with Crippen LogP contribution in [0.2, 0.25) is 0 Å². The second kappa shape index (κ2) is 6.76. The third-order valence-corrected chi connectivity index (χ3v) is 3.09. The standard InChI is InChI=1S/C17H23NO3/c1-17(2,3)21-16(19)9-6-14-4-7-15(8-5-14)18-10-12-20-13-11-18/h4-9H,10-13H2,1-3H3/b9-6+. The fourth-order valence-corrected chi connectivity index (χ4v) is 2.12. The Morgan fingerprint density at radius 3 is 2.38 bits per heavy atom. The van der Waals surface area contributed by atoms with E-state index in [1.54, 1.807) is 6.08 Å². The first-order valence-corrected chi connectivity index (χ1v) is 7.28. The van der Waals surface area contributed by atoms with Gasteiger partial charge < -0.3 is 14.4 Å². The Balaban J connectivity index is 1.94. The van der Waals surface area contributed by atoms with Crippen LogP contribution >= 0.6 is 0 Å². The van der Waals surface area contributed by atoms with Gasteiger partial charge in [0.05, 0.1) is 13.2 Å². The predicted octanol–water partition coefficient (Wildman–Crippen LogP) is 2.88. The van der Waals surface area contributed by atoms with Gasteiger partial charge in [-0.3, -0.25) is 0 Å². The molecule has 1 aliphatic rings. The largest absolute Gasteiger partial charge is 0.457 e. The van der Waals surface area contributed by atoms with Crippen LogP contribution in [0.3, 0.4) is 0 Å². The summed E-state index contributed by atoms with van der Waals surface area (Å²) in [7, 11) is 0. The summed E-state index contributed by atoms with van der Waals surface area (Å²) < 4.78 is 10.6. The average molecular weight is 289 g/mol. The van der Waals surface area contributed by atoms with Gasteiger partial charge in [-0.25, -0.2) is 4.79 Å². The second-order valence-corrected chi connectivity index (χ2v) is 6.06. The molecule has 0 aliphatic carbocycles. The van der Waals surface area contributed by atoms with E-state index in [0.29, 0.717) is 0 Å². The molecule has 4 nitrogen and oxygen atoms in total. The predicted molar refractivity (Wildman–Crippen MR) is 84.4 cm³/mol. The third kappa shape index (κ3) is 5.23. The molecule has 1 aliphatic heterocycles. The van der Waals surface area contributed by atoms with Gasteiger partial charge in [0.15, 0.2) is 0 Å². The molecule has 0 spiro atoms. The van der Waals surface area contributed by atoms with Gasteiger partial charge in [0, 0.05) is 24.9 Å². The van der Waals surface area contributed by atoms with E-state index in [0.717, 1.165) is 31.9 Å². The third-order valence-electron chi connectivity index (χ3n) is 3.09. The zero-order valence-electron chi connectivity index (χ0n) is 13.0. The number of hydrogen-bond donors (Lipinski definition) is 0. The van der Waals surface area contributed by atoms with Crippen molar-refractivity contribution in [1.29, 1.82) is 0 Å². The first kappa shape index (κ1) is 15.6. The Labute approximate surface area is 126 Å². The van der Waals surface area contributed by atoms with Crippen LogP contribution in [0.1, 0.15) is 26.3 Å². The molecule has 1 saturated heterocycles. The maximum absolute atomic E-state index is 11.6. The molecule has 0 atom stereocenters. The summed E-state index contributed by atoms with van der Waals surface area (Å²) in [5, 5.41) is 0. The summed E-state index contributed by atoms with van der Waals surface area (Å²) in [6.45, 7) is 8.97. The number of carbonyl (C=O) groups excluding carboxylic acids is 1. The van der Waals surface area contributed by atoms with Crippen LogP contribution in [0.25, 0.3) is 6.08 Å². The molecule has 0 saturated carbocycles. The summed E-state index contributed by atoms with van der Waals surface area (Å²) >= 11 is 0. The Kier molecular flexibility index (Phi) is 5.02. The van der Waals surface area contributed by atoms with Crippen LogP contribution in [0.15, 0.2) is 30.3 Å². The number of hydrogen-bond acceptors (Lipinski definition) is 4. The molecule has 2 rings (SSSR count). The van der Waals surface area contributed by atoms with Crippen LogP contribution < -0.4 is 4.90 Å². The Morgan fingerprint density at radius 1 is 1.19 bits per heavy atom. The van der Waals surface area contributed by atoms with Gasteiger partial charge >= 0.3 is 5.97 Å². The molecule has 4 heteroatoms. The van der Waals surface area contributed by atoms with Crippen molar-refractivity contribution in [3.63, 3.8) is 0 Å². The summed E-state index contributed by atoms with van der Waals surface area (Å²) in [6, 6.07) is 8.15. The first-order chi connectivity index (χ1) is 9.94. The van der Waals surface area contributed by atoms with E-state index in [4.69, 9.17) is 9.47 Å². The maximum atomic E-state index is 11.6. The minimum absolute atomic E-state index is 0.320. The number of ether oxygens (including phenoxy) is 2. The van der Waals surface area contributed by atoms with Gasteiger partial charge in [0.25, 0.3) is 0 Å². The molecule has 0 aromatic heterocycles. The normalized spacial score (nSPS) is 16.2. The maximum Gasteiger partial charge on any atom is 0.331 e. The van der Waals surface area contributed by atoms with Crippen LogP contribution in [-0.4, -0.2) is 37.9 Å². The van der Waals surface area contributed by atoms with Crippen LogP contribution in [0.5, 0.6) is 0 Å². The minimum Gasteiger partial charge on any atom is -0.457 e. The summed E-state index contributed by atoms with van der Waals surface area (Å²) in [5.74, 6) is -0.320. The molecule has 0 N–H and O–H groups in total. The lowest BCUT2D eigenvalue weighted by Gasteiger charge is -2.28. The van der Waals surface area contributed by atoms with E-state index >= 15 is 0 Å². The summed E-state index contributed by atoms with van der Waals surface area (Å²) in [6.07, 6.45) is 3.24. The molecule has 1 fully saturated rings. The van der Waals surface area contributed by atoms with Gasteiger partial charge in [-0.15, -0.1) is 0 Å². The van der Waals surface area contributed by atoms with Crippen molar-refractivity contribution in [2.24, 2.45) is 0 Å². The Morgan fingerprint density at radius 2 is 1.81 bits per heavy atom. The number of benzene rings is 1. The molecule has 0 bridgehead atoms. The van der Waals surface area contributed by atoms with Gasteiger partial charge in [0.1, 0.15) is 5.60 Å². The summed E-state index contributed by atoms with van der Waals surface area (Å²) in [4.78, 5) is 13.9. The number of morpholine rings is 1. The van der Waals surface area contributed by atoms with Crippen molar-refractivity contribution in [1.82, 2.24) is 0 Å². The van der Waals surface area contributed by atoms with Crippen LogP contribution in [-0.2, 0) is 14.3 Å². The van der Waals surface area contributed by atoms with Crippen LogP contribution in [0.4, 0.5) is 5.69 Å². The molecule has 114 valence electrons. The number of esters is 1. The highest BCUT2D eigenvalue weighted by Gasteiger charge is 2.14. The topological polar surface area (TPSA) is 38.8 Å². The highest BCUT2D eigenvalue weighted by Crippen LogP contribution is 2.17. The molecule has 0 unspecified atom stereocenters. The molecular weight excluding hydrogens is 266 g/mol. The fourth-order valence-electron chi connectivity index (χ4n) is 2.12. The van der Waals surface area contributed by atoms with E-state index in [1.165, 1.54) is 11.8 Å². The lowest BCUT2D eigenvalue weighted by atomic mass is 10.1. The Hall–Kier alpha value is -1.81. The van der Waals surface area contributed by atoms with Crippen molar-refractivity contribution in [3.8, 4) is 0 Å². The van der Waals surface area contributed by atoms with E-state index in [2.05, 4.69) is 17.0 Å². The zero-order valence-corrected chi connectivity index (χ0v) is 13.0. The SMILES string of the molecule is CC(C)(C)OC(=O)/C=C/c1ccc(N2CCOCC2)cc1. The van der Waals surface area contributed by atoms with Gasteiger partial charge in [-0.2, -0.15) is 0 Å². The van der Waals surface area contributed by atoms with E-state index < -0.39 is 5.60 Å². The van der Waals surface area contributed by atoms with Crippen molar-refractivity contribution in [2.45, 2.75) is 26.4 Å². The number of nitrogens with zero attached hydrogens (tertiary/aromatic N) is 1. The average Bonchev–Trinajstić information content (AvgIpc) is 2.45. The highest BCUT2D eigenvalue weighted by molar-refractivity contribution is 5.87. The van der Waals surface area contributed by atoms with Crippen molar-refractivity contribution in [2.75, 3.05) is 31.2 Å². The van der Waals surface area contributed by atoms with Gasteiger partial charge in [-0.05, 0) is 44.5 Å². The fraction of sp³-hybridized carbons (Fsp3) is 0.471. The molecule has 1 aromatic rings. The molecule has 1 aromatic carbocycles. The van der Waals surface area contributed by atoms with E-state index in [1.807, 2.05) is 32.9 Å². The quantitative estimate of drug-likeness (QED) is 0.633. The lowest BCUT2D eigenvalue weighted by molar-refractivity contribution is -0.148. The van der Waals surface area contributed by atoms with Gasteiger partial charge in [-0.1, -0.05) is 12.1 Å². The van der Waals surface area contributed by atoms with Crippen molar-refractivity contribution < 1.29 is 14.3 Å². The summed E-state index contributed by atoms with van der Waals surface area (Å²) in [5.41, 5.74) is 1.72. The second-order valence-electron chi connectivity index (χ2n) is 6.06. The van der Waals surface area contributed by atoms with E-state index in [9.17, 15) is 4.79 Å². The lowest BCUT2D eigenvalue weighted by Crippen LogP contribution is -2.36. The molecule has 0 amide bonds. The molecule has 21 heavy (non-hydrogen) atoms. The number of anilines is 1. The zero-order chi connectivity index (χ0) is 15.3. The van der Waals surface area contributed by atoms with Gasteiger partial charge in [0.2, 0.25) is 0 Å². The number of carbonyl (C=O) groups is 1. The van der Waals surface area contributed by atoms with Crippen molar-refractivity contribution >= 4 is 17.7 Å². The van der Waals surface area contributed by atoms with E-state index in [-0.39, 0.29) is 5.97 Å². The molecule has 1 heterocycles.